The number of carboxylic acid groups (broad SMARTS) is 1. The van der Waals surface area contributed by atoms with E-state index in [2.05, 4.69) is 9.55 Å². The summed E-state index contributed by atoms with van der Waals surface area (Å²) in [7, 11) is 0. The highest BCUT2D eigenvalue weighted by Crippen LogP contribution is 2.36. The summed E-state index contributed by atoms with van der Waals surface area (Å²) in [6, 6.07) is 0. The first-order chi connectivity index (χ1) is 9.16. The molecule has 19 heavy (non-hydrogen) atoms. The SMILES string of the molecule is O=C(O)C1CCc2c(Cl)nc(C3CCCCC3)n2C1. The molecule has 0 aromatic carbocycles. The summed E-state index contributed by atoms with van der Waals surface area (Å²) < 4.78 is 2.10. The Kier molecular flexibility index (Phi) is 3.52. The molecule has 0 saturated heterocycles. The molecule has 2 aliphatic rings. The molecule has 1 unspecified atom stereocenters. The average Bonchev–Trinajstić information content (AvgIpc) is 2.77. The first-order valence-electron chi connectivity index (χ1n) is 7.14. The van der Waals surface area contributed by atoms with E-state index in [-0.39, 0.29) is 5.92 Å². The standard InChI is InChI=1S/C14H19ClN2O2/c15-12-11-7-6-10(14(18)19)8-17(11)13(16-12)9-4-2-1-3-5-9/h9-10H,1-8H2,(H,18,19). The predicted octanol–water partition coefficient (Wildman–Crippen LogP) is 3.23. The maximum Gasteiger partial charge on any atom is 0.308 e. The van der Waals surface area contributed by atoms with E-state index in [9.17, 15) is 9.90 Å². The number of halogens is 1. The van der Waals surface area contributed by atoms with Crippen molar-refractivity contribution in [2.24, 2.45) is 5.92 Å². The van der Waals surface area contributed by atoms with Gasteiger partial charge < -0.3 is 9.67 Å². The van der Waals surface area contributed by atoms with Crippen molar-refractivity contribution in [3.05, 3.63) is 16.7 Å². The van der Waals surface area contributed by atoms with E-state index in [1.54, 1.807) is 0 Å². The van der Waals surface area contributed by atoms with Crippen LogP contribution in [0.15, 0.2) is 0 Å². The van der Waals surface area contributed by atoms with Gasteiger partial charge in [-0.1, -0.05) is 30.9 Å². The molecule has 104 valence electrons. The lowest BCUT2D eigenvalue weighted by molar-refractivity contribution is -0.142. The lowest BCUT2D eigenvalue weighted by Crippen LogP contribution is -2.28. The van der Waals surface area contributed by atoms with Crippen molar-refractivity contribution in [3.63, 3.8) is 0 Å². The normalized spacial score (nSPS) is 24.2. The third kappa shape index (κ3) is 2.38. The molecule has 0 amide bonds. The minimum absolute atomic E-state index is 0.292. The number of rotatable bonds is 2. The van der Waals surface area contributed by atoms with Gasteiger partial charge in [-0.3, -0.25) is 4.79 Å². The van der Waals surface area contributed by atoms with E-state index in [4.69, 9.17) is 11.6 Å². The zero-order valence-electron chi connectivity index (χ0n) is 10.9. The lowest BCUT2D eigenvalue weighted by Gasteiger charge is -2.26. The van der Waals surface area contributed by atoms with E-state index < -0.39 is 5.97 Å². The van der Waals surface area contributed by atoms with Crippen molar-refractivity contribution >= 4 is 17.6 Å². The average molecular weight is 283 g/mol. The second-order valence-corrected chi connectivity index (χ2v) is 6.08. The third-order valence-corrected chi connectivity index (χ3v) is 4.81. The van der Waals surface area contributed by atoms with Crippen LogP contribution in [0.3, 0.4) is 0 Å². The second-order valence-electron chi connectivity index (χ2n) is 5.73. The van der Waals surface area contributed by atoms with Crippen LogP contribution in [0, 0.1) is 5.92 Å². The smallest absolute Gasteiger partial charge is 0.308 e. The van der Waals surface area contributed by atoms with Gasteiger partial charge in [-0.05, 0) is 25.7 Å². The fourth-order valence-electron chi connectivity index (χ4n) is 3.41. The van der Waals surface area contributed by atoms with Crippen molar-refractivity contribution in [1.29, 1.82) is 0 Å². The minimum atomic E-state index is -0.704. The van der Waals surface area contributed by atoms with E-state index in [0.717, 1.165) is 30.8 Å². The molecular formula is C14H19ClN2O2. The summed E-state index contributed by atoms with van der Waals surface area (Å²) in [5.74, 6) is 0.503. The van der Waals surface area contributed by atoms with Gasteiger partial charge in [0.1, 0.15) is 5.82 Å². The predicted molar refractivity (Wildman–Crippen MR) is 72.5 cm³/mol. The Balaban J connectivity index is 1.91. The second kappa shape index (κ2) is 5.16. The molecule has 4 nitrogen and oxygen atoms in total. The van der Waals surface area contributed by atoms with E-state index >= 15 is 0 Å². The number of hydrogen-bond donors (Lipinski definition) is 1. The highest BCUT2D eigenvalue weighted by atomic mass is 35.5. The molecule has 0 bridgehead atoms. The number of fused-ring (bicyclic) bond motifs is 1. The summed E-state index contributed by atoms with van der Waals surface area (Å²) in [5, 5.41) is 9.79. The van der Waals surface area contributed by atoms with Gasteiger partial charge in [-0.25, -0.2) is 4.98 Å². The Bertz CT molecular complexity index is 492. The highest BCUT2D eigenvalue weighted by molar-refractivity contribution is 6.30. The zero-order valence-corrected chi connectivity index (χ0v) is 11.7. The van der Waals surface area contributed by atoms with Crippen LogP contribution in [0.1, 0.15) is 56.0 Å². The minimum Gasteiger partial charge on any atom is -0.481 e. The molecule has 1 saturated carbocycles. The quantitative estimate of drug-likeness (QED) is 0.906. The molecule has 1 aromatic rings. The Labute approximate surface area is 117 Å². The summed E-state index contributed by atoms with van der Waals surface area (Å²) in [6.07, 6.45) is 7.50. The van der Waals surface area contributed by atoms with Crippen LogP contribution in [-0.2, 0) is 17.8 Å². The van der Waals surface area contributed by atoms with Crippen molar-refractivity contribution in [3.8, 4) is 0 Å². The lowest BCUT2D eigenvalue weighted by atomic mass is 9.88. The topological polar surface area (TPSA) is 55.1 Å². The fraction of sp³-hybridized carbons (Fsp3) is 0.714. The van der Waals surface area contributed by atoms with E-state index in [1.807, 2.05) is 0 Å². The molecular weight excluding hydrogens is 264 g/mol. The van der Waals surface area contributed by atoms with Crippen molar-refractivity contribution in [1.82, 2.24) is 9.55 Å². The molecule has 1 aromatic heterocycles. The Morgan fingerprint density at radius 2 is 2.00 bits per heavy atom. The fourth-order valence-corrected chi connectivity index (χ4v) is 3.70. The van der Waals surface area contributed by atoms with Crippen molar-refractivity contribution in [2.45, 2.75) is 57.4 Å². The van der Waals surface area contributed by atoms with Gasteiger partial charge >= 0.3 is 5.97 Å². The van der Waals surface area contributed by atoms with Crippen LogP contribution in [0.4, 0.5) is 0 Å². The monoisotopic (exact) mass is 282 g/mol. The molecule has 1 aliphatic carbocycles. The van der Waals surface area contributed by atoms with E-state index in [1.165, 1.54) is 19.3 Å². The molecule has 0 radical (unpaired) electrons. The number of imidazole rings is 1. The first kappa shape index (κ1) is 13.0. The third-order valence-electron chi connectivity index (χ3n) is 4.51. The number of hydrogen-bond acceptors (Lipinski definition) is 2. The largest absolute Gasteiger partial charge is 0.481 e. The van der Waals surface area contributed by atoms with Crippen LogP contribution in [-0.4, -0.2) is 20.6 Å². The number of carbonyl (C=O) groups is 1. The van der Waals surface area contributed by atoms with Crippen molar-refractivity contribution < 1.29 is 9.90 Å². The van der Waals surface area contributed by atoms with Crippen LogP contribution in [0.2, 0.25) is 5.15 Å². The van der Waals surface area contributed by atoms with Gasteiger partial charge in [-0.2, -0.15) is 0 Å². The van der Waals surface area contributed by atoms with E-state index in [0.29, 0.717) is 24.0 Å². The van der Waals surface area contributed by atoms with Crippen LogP contribution in [0.5, 0.6) is 0 Å². The first-order valence-corrected chi connectivity index (χ1v) is 7.52. The van der Waals surface area contributed by atoms with Gasteiger partial charge in [0, 0.05) is 12.5 Å². The van der Waals surface area contributed by atoms with Gasteiger partial charge in [0.2, 0.25) is 0 Å². The molecule has 1 fully saturated rings. The number of carboxylic acids is 1. The summed E-state index contributed by atoms with van der Waals surface area (Å²) in [5.41, 5.74) is 1.04. The van der Waals surface area contributed by atoms with Gasteiger partial charge in [0.05, 0.1) is 11.6 Å². The van der Waals surface area contributed by atoms with Gasteiger partial charge in [-0.15, -0.1) is 0 Å². The highest BCUT2D eigenvalue weighted by Gasteiger charge is 2.31. The Morgan fingerprint density at radius 1 is 1.26 bits per heavy atom. The van der Waals surface area contributed by atoms with Crippen LogP contribution in [0.25, 0.3) is 0 Å². The molecule has 1 aliphatic heterocycles. The van der Waals surface area contributed by atoms with Gasteiger partial charge in [0.15, 0.2) is 5.15 Å². The zero-order chi connectivity index (χ0) is 13.4. The maximum atomic E-state index is 11.2. The van der Waals surface area contributed by atoms with Gasteiger partial charge in [0.25, 0.3) is 0 Å². The van der Waals surface area contributed by atoms with Crippen molar-refractivity contribution in [2.75, 3.05) is 0 Å². The Hall–Kier alpha value is -1.03. The maximum absolute atomic E-state index is 11.2. The van der Waals surface area contributed by atoms with Crippen LogP contribution >= 0.6 is 11.6 Å². The molecule has 1 N–H and O–H groups in total. The molecule has 5 heteroatoms. The number of nitrogens with zero attached hydrogens (tertiary/aromatic N) is 2. The molecule has 1 atom stereocenters. The summed E-state index contributed by atoms with van der Waals surface area (Å²) in [6.45, 7) is 0.538. The van der Waals surface area contributed by atoms with Crippen LogP contribution < -0.4 is 0 Å². The number of aromatic nitrogens is 2. The molecule has 3 rings (SSSR count). The molecule has 0 spiro atoms. The molecule has 2 heterocycles. The number of aliphatic carboxylic acids is 1. The Morgan fingerprint density at radius 3 is 2.68 bits per heavy atom. The summed E-state index contributed by atoms with van der Waals surface area (Å²) >= 11 is 6.23. The summed E-state index contributed by atoms with van der Waals surface area (Å²) in [4.78, 5) is 15.7.